The second-order valence-corrected chi connectivity index (χ2v) is 3.96. The number of nitrogens with zero attached hydrogens (tertiary/aromatic N) is 1. The van der Waals surface area contributed by atoms with E-state index in [-0.39, 0.29) is 12.0 Å². The van der Waals surface area contributed by atoms with E-state index in [4.69, 9.17) is 0 Å². The highest BCUT2D eigenvalue weighted by molar-refractivity contribution is 5.80. The van der Waals surface area contributed by atoms with Crippen molar-refractivity contribution in [1.82, 2.24) is 0 Å². The van der Waals surface area contributed by atoms with E-state index < -0.39 is 5.92 Å². The fourth-order valence-corrected chi connectivity index (χ4v) is 2.02. The van der Waals surface area contributed by atoms with Gasteiger partial charge in [-0.3, -0.25) is 4.99 Å². The van der Waals surface area contributed by atoms with Gasteiger partial charge in [0.25, 0.3) is 5.92 Å². The van der Waals surface area contributed by atoms with Crippen molar-refractivity contribution in [2.24, 2.45) is 4.99 Å². The molecule has 15 heavy (non-hydrogen) atoms. The summed E-state index contributed by atoms with van der Waals surface area (Å²) in [5.41, 5.74) is 1.20. The molecule has 84 valence electrons. The Balaban J connectivity index is 3.18. The van der Waals surface area contributed by atoms with E-state index in [9.17, 15) is 8.78 Å². The topological polar surface area (TPSA) is 12.4 Å². The van der Waals surface area contributed by atoms with Gasteiger partial charge < -0.3 is 0 Å². The Morgan fingerprint density at radius 1 is 1.47 bits per heavy atom. The van der Waals surface area contributed by atoms with E-state index in [1.807, 2.05) is 0 Å². The maximum atomic E-state index is 13.8. The normalized spacial score (nSPS) is 25.5. The Morgan fingerprint density at radius 3 is 2.73 bits per heavy atom. The van der Waals surface area contributed by atoms with Crippen LogP contribution in [0.3, 0.4) is 0 Å². The van der Waals surface area contributed by atoms with Crippen LogP contribution >= 0.6 is 0 Å². The van der Waals surface area contributed by atoms with Crippen LogP contribution in [0, 0.1) is 0 Å². The number of rotatable bonds is 1. The van der Waals surface area contributed by atoms with Crippen molar-refractivity contribution in [3.05, 3.63) is 23.3 Å². The molecule has 0 saturated heterocycles. The molecule has 1 nitrogen and oxygen atoms in total. The second kappa shape index (κ2) is 4.69. The predicted molar refractivity (Wildman–Crippen MR) is 59.7 cm³/mol. The highest BCUT2D eigenvalue weighted by Crippen LogP contribution is 2.40. The third-order valence-electron chi connectivity index (χ3n) is 2.66. The molecule has 0 aromatic heterocycles. The first-order chi connectivity index (χ1) is 6.99. The second-order valence-electron chi connectivity index (χ2n) is 3.96. The summed E-state index contributed by atoms with van der Waals surface area (Å²) in [6.45, 7) is 5.43. The van der Waals surface area contributed by atoms with Crippen molar-refractivity contribution in [1.29, 1.82) is 0 Å². The first kappa shape index (κ1) is 12.1. The standard InChI is InChI=1S/C12H17F2N/c1-9-6-4-5-7-12(13,14)11(9)10(2)8-15-3/h8H,1,4-7H2,2-3H3/b11-10+,15-8?. The Labute approximate surface area is 89.6 Å². The van der Waals surface area contributed by atoms with Crippen LogP contribution in [-0.2, 0) is 0 Å². The van der Waals surface area contributed by atoms with Gasteiger partial charge in [0.1, 0.15) is 0 Å². The maximum absolute atomic E-state index is 13.8. The van der Waals surface area contributed by atoms with Crippen LogP contribution in [0.1, 0.15) is 32.6 Å². The first-order valence-corrected chi connectivity index (χ1v) is 5.18. The first-order valence-electron chi connectivity index (χ1n) is 5.18. The highest BCUT2D eigenvalue weighted by atomic mass is 19.3. The SMILES string of the molecule is C=C1CCCCC(F)(F)/C1=C(\C)C=NC. The summed E-state index contributed by atoms with van der Waals surface area (Å²) in [5, 5.41) is 0. The number of halogens is 2. The third kappa shape index (κ3) is 2.74. The van der Waals surface area contributed by atoms with Crippen LogP contribution in [-0.4, -0.2) is 19.2 Å². The molecule has 1 rings (SSSR count). The molecule has 0 spiro atoms. The number of aliphatic imine (C=N–C) groups is 1. The Hall–Kier alpha value is -0.990. The van der Waals surface area contributed by atoms with Gasteiger partial charge in [-0.25, -0.2) is 8.78 Å². The number of hydrogen-bond donors (Lipinski definition) is 0. The van der Waals surface area contributed by atoms with E-state index in [1.54, 1.807) is 14.0 Å². The zero-order valence-electron chi connectivity index (χ0n) is 9.32. The van der Waals surface area contributed by atoms with Crippen molar-refractivity contribution in [2.75, 3.05) is 7.05 Å². The molecule has 0 atom stereocenters. The molecule has 3 heteroatoms. The van der Waals surface area contributed by atoms with Crippen molar-refractivity contribution in [3.8, 4) is 0 Å². The van der Waals surface area contributed by atoms with E-state index in [0.29, 0.717) is 24.0 Å². The minimum atomic E-state index is -2.74. The van der Waals surface area contributed by atoms with Crippen molar-refractivity contribution < 1.29 is 8.78 Å². The summed E-state index contributed by atoms with van der Waals surface area (Å²) in [7, 11) is 1.58. The molecule has 0 radical (unpaired) electrons. The van der Waals surface area contributed by atoms with Gasteiger partial charge in [0.2, 0.25) is 0 Å². The lowest BCUT2D eigenvalue weighted by molar-refractivity contribution is 0.0349. The zero-order valence-corrected chi connectivity index (χ0v) is 9.32. The molecule has 1 aliphatic rings. The van der Waals surface area contributed by atoms with Crippen LogP contribution in [0.5, 0.6) is 0 Å². The molecule has 0 N–H and O–H groups in total. The molecule has 0 heterocycles. The summed E-state index contributed by atoms with van der Waals surface area (Å²) in [5.74, 6) is -2.74. The van der Waals surface area contributed by atoms with Gasteiger partial charge in [-0.05, 0) is 37.3 Å². The monoisotopic (exact) mass is 213 g/mol. The Bertz CT molecular complexity index is 314. The number of allylic oxidation sites excluding steroid dienone is 3. The average molecular weight is 213 g/mol. The molecule has 0 aliphatic heterocycles. The highest BCUT2D eigenvalue weighted by Gasteiger charge is 2.37. The average Bonchev–Trinajstić information content (AvgIpc) is 2.24. The third-order valence-corrected chi connectivity index (χ3v) is 2.66. The summed E-state index contributed by atoms with van der Waals surface area (Å²) in [6, 6.07) is 0. The van der Waals surface area contributed by atoms with Gasteiger partial charge >= 0.3 is 0 Å². The summed E-state index contributed by atoms with van der Waals surface area (Å²) in [6.07, 6.45) is 3.44. The minimum Gasteiger partial charge on any atom is -0.296 e. The fraction of sp³-hybridized carbons (Fsp3) is 0.583. The van der Waals surface area contributed by atoms with E-state index >= 15 is 0 Å². The quantitative estimate of drug-likeness (QED) is 0.464. The molecule has 0 bridgehead atoms. The van der Waals surface area contributed by atoms with Gasteiger partial charge in [-0.2, -0.15) is 0 Å². The molecule has 0 aromatic rings. The molecular formula is C12H17F2N. The molecule has 1 aliphatic carbocycles. The van der Waals surface area contributed by atoms with Gasteiger partial charge in [0.05, 0.1) is 0 Å². The van der Waals surface area contributed by atoms with Gasteiger partial charge in [-0.1, -0.05) is 6.58 Å². The van der Waals surface area contributed by atoms with E-state index in [2.05, 4.69) is 11.6 Å². The van der Waals surface area contributed by atoms with Crippen molar-refractivity contribution in [2.45, 2.75) is 38.5 Å². The van der Waals surface area contributed by atoms with Crippen LogP contribution in [0.4, 0.5) is 8.78 Å². The number of hydrogen-bond acceptors (Lipinski definition) is 1. The largest absolute Gasteiger partial charge is 0.296 e. The smallest absolute Gasteiger partial charge is 0.273 e. The van der Waals surface area contributed by atoms with Crippen molar-refractivity contribution >= 4 is 6.21 Å². The minimum absolute atomic E-state index is 0.0732. The van der Waals surface area contributed by atoms with Gasteiger partial charge in [0, 0.05) is 25.3 Å². The fourth-order valence-electron chi connectivity index (χ4n) is 2.02. The van der Waals surface area contributed by atoms with E-state index in [0.717, 1.165) is 6.42 Å². The van der Waals surface area contributed by atoms with Crippen LogP contribution in [0.2, 0.25) is 0 Å². The predicted octanol–water partition coefficient (Wildman–Crippen LogP) is 3.77. The lowest BCUT2D eigenvalue weighted by atomic mass is 9.95. The summed E-state index contributed by atoms with van der Waals surface area (Å²) in [4.78, 5) is 3.78. The maximum Gasteiger partial charge on any atom is 0.273 e. The van der Waals surface area contributed by atoms with E-state index in [1.165, 1.54) is 6.21 Å². The summed E-state index contributed by atoms with van der Waals surface area (Å²) >= 11 is 0. The molecule has 0 amide bonds. The molecule has 0 unspecified atom stereocenters. The Kier molecular flexibility index (Phi) is 3.77. The van der Waals surface area contributed by atoms with Crippen LogP contribution in [0.15, 0.2) is 28.3 Å². The summed E-state index contributed by atoms with van der Waals surface area (Å²) < 4.78 is 27.5. The Morgan fingerprint density at radius 2 is 2.13 bits per heavy atom. The molecule has 1 fully saturated rings. The lowest BCUT2D eigenvalue weighted by Gasteiger charge is -2.20. The van der Waals surface area contributed by atoms with Crippen LogP contribution in [0.25, 0.3) is 0 Å². The zero-order chi connectivity index (χ0) is 11.5. The van der Waals surface area contributed by atoms with Crippen molar-refractivity contribution in [3.63, 3.8) is 0 Å². The lowest BCUT2D eigenvalue weighted by Crippen LogP contribution is -2.20. The molecular weight excluding hydrogens is 196 g/mol. The van der Waals surface area contributed by atoms with Gasteiger partial charge in [-0.15, -0.1) is 0 Å². The van der Waals surface area contributed by atoms with Gasteiger partial charge in [0.15, 0.2) is 0 Å². The molecule has 0 aromatic carbocycles. The number of alkyl halides is 2. The molecule has 1 saturated carbocycles. The van der Waals surface area contributed by atoms with Crippen LogP contribution < -0.4 is 0 Å².